The zero-order valence-corrected chi connectivity index (χ0v) is 18.4. The maximum Gasteiger partial charge on any atom is 0.338 e. The highest BCUT2D eigenvalue weighted by Gasteiger charge is 2.53. The number of aliphatic hydroxyl groups is 2. The number of hydrogen-bond acceptors (Lipinski definition) is 12. The summed E-state index contributed by atoms with van der Waals surface area (Å²) in [4.78, 5) is 46.2. The lowest BCUT2D eigenvalue weighted by Gasteiger charge is -2.41. The lowest BCUT2D eigenvalue weighted by atomic mass is 9.98. The molecule has 0 amide bonds. The second-order valence-electron chi connectivity index (χ2n) is 7.11. The first-order valence-corrected chi connectivity index (χ1v) is 9.82. The van der Waals surface area contributed by atoms with Gasteiger partial charge in [0.25, 0.3) is 0 Å². The minimum absolute atomic E-state index is 0.0968. The number of terminal acetylenes is 1. The van der Waals surface area contributed by atoms with Gasteiger partial charge in [-0.05, 0) is 11.6 Å². The first kappa shape index (κ1) is 26.5. The summed E-state index contributed by atoms with van der Waals surface area (Å²) in [5.74, 6) is -0.999. The van der Waals surface area contributed by atoms with Crippen LogP contribution in [0.1, 0.15) is 31.9 Å². The van der Waals surface area contributed by atoms with Gasteiger partial charge in [-0.25, -0.2) is 4.79 Å². The lowest BCUT2D eigenvalue weighted by Crippen LogP contribution is -2.63. The first-order chi connectivity index (χ1) is 16.0. The van der Waals surface area contributed by atoms with E-state index in [1.54, 1.807) is 0 Å². The van der Waals surface area contributed by atoms with Crippen molar-refractivity contribution in [1.29, 1.82) is 0 Å². The van der Waals surface area contributed by atoms with Gasteiger partial charge >= 0.3 is 23.6 Å². The Morgan fingerprint density at radius 1 is 1.24 bits per heavy atom. The minimum Gasteiger partial charge on any atom is -0.467 e. The van der Waals surface area contributed by atoms with E-state index in [1.165, 1.54) is 6.07 Å². The largest absolute Gasteiger partial charge is 0.467 e. The second-order valence-corrected chi connectivity index (χ2v) is 7.11. The third-order valence-corrected chi connectivity index (χ3v) is 4.68. The molecule has 0 spiro atoms. The zero-order chi connectivity index (χ0) is 25.6. The van der Waals surface area contributed by atoms with Crippen molar-refractivity contribution in [3.63, 3.8) is 0 Å². The predicted molar refractivity (Wildman–Crippen MR) is 110 cm³/mol. The smallest absolute Gasteiger partial charge is 0.338 e. The van der Waals surface area contributed by atoms with Gasteiger partial charge in [0.1, 0.15) is 6.10 Å². The molecule has 2 rings (SSSR count). The van der Waals surface area contributed by atoms with Gasteiger partial charge in [-0.15, -0.1) is 12.3 Å². The van der Waals surface area contributed by atoms with Crippen molar-refractivity contribution >= 4 is 23.6 Å². The van der Waals surface area contributed by atoms with Crippen LogP contribution in [0.4, 0.5) is 5.69 Å². The maximum absolute atomic E-state index is 12.1. The summed E-state index contributed by atoms with van der Waals surface area (Å²) in [6.07, 6.45) is -4.69. The van der Waals surface area contributed by atoms with E-state index in [4.69, 9.17) is 25.4 Å². The van der Waals surface area contributed by atoms with E-state index in [1.807, 2.05) is 0 Å². The lowest BCUT2D eigenvalue weighted by molar-refractivity contribution is -0.387. The summed E-state index contributed by atoms with van der Waals surface area (Å²) in [7, 11) is 1.01. The minimum atomic E-state index is -1.82. The highest BCUT2D eigenvalue weighted by molar-refractivity contribution is 5.76. The Bertz CT molecular complexity index is 986. The Hall–Kier alpha value is -3.73. The fourth-order valence-electron chi connectivity index (χ4n) is 3.21. The topological polar surface area (TPSA) is 181 Å². The third-order valence-electron chi connectivity index (χ3n) is 4.68. The number of aliphatic hydroxyl groups excluding tert-OH is 2. The summed E-state index contributed by atoms with van der Waals surface area (Å²) < 4.78 is 25.7. The Morgan fingerprint density at radius 3 is 2.38 bits per heavy atom. The number of carbonyl (C=O) groups excluding carboxylic acids is 3. The van der Waals surface area contributed by atoms with E-state index < -0.39 is 71.1 Å². The molecule has 1 aliphatic heterocycles. The van der Waals surface area contributed by atoms with Gasteiger partial charge in [0.15, 0.2) is 18.0 Å². The number of nitro benzene ring substituents is 1. The number of nitro groups is 1. The molecule has 1 saturated heterocycles. The Kier molecular flexibility index (Phi) is 8.90. The van der Waals surface area contributed by atoms with Crippen LogP contribution in [0.15, 0.2) is 18.2 Å². The molecule has 34 heavy (non-hydrogen) atoms. The van der Waals surface area contributed by atoms with E-state index in [9.17, 15) is 34.7 Å². The van der Waals surface area contributed by atoms with Gasteiger partial charge < -0.3 is 33.9 Å². The highest BCUT2D eigenvalue weighted by Crippen LogP contribution is 2.35. The van der Waals surface area contributed by atoms with E-state index >= 15 is 0 Å². The number of methoxy groups -OCH3 is 1. The quantitative estimate of drug-likeness (QED) is 0.169. The highest BCUT2D eigenvalue weighted by atomic mass is 16.7. The zero-order valence-electron chi connectivity index (χ0n) is 18.4. The van der Waals surface area contributed by atoms with Crippen molar-refractivity contribution in [3.8, 4) is 18.1 Å². The van der Waals surface area contributed by atoms with Gasteiger partial charge in [-0.3, -0.25) is 19.7 Å². The van der Waals surface area contributed by atoms with Crippen molar-refractivity contribution < 1.29 is 53.2 Å². The van der Waals surface area contributed by atoms with Gasteiger partial charge in [0.05, 0.1) is 18.1 Å². The molecule has 0 aromatic heterocycles. The molecular formula is C21H23NO12. The van der Waals surface area contributed by atoms with Gasteiger partial charge in [0, 0.05) is 26.3 Å². The molecule has 1 aliphatic rings. The predicted octanol–water partition coefficient (Wildman–Crippen LogP) is 0.152. The number of benzene rings is 1. The molecule has 0 aliphatic carbocycles. The van der Waals surface area contributed by atoms with Crippen molar-refractivity contribution in [1.82, 2.24) is 0 Å². The second kappa shape index (κ2) is 11.4. The van der Waals surface area contributed by atoms with Crippen LogP contribution < -0.4 is 4.74 Å². The number of nitrogens with zero attached hydrogens (tertiary/aromatic N) is 1. The molecule has 0 bridgehead atoms. The summed E-state index contributed by atoms with van der Waals surface area (Å²) in [5.41, 5.74) is -0.470. The summed E-state index contributed by atoms with van der Waals surface area (Å²) in [5, 5.41) is 32.2. The van der Waals surface area contributed by atoms with E-state index in [0.717, 1.165) is 33.1 Å². The summed E-state index contributed by atoms with van der Waals surface area (Å²) in [6, 6.07) is 3.47. The Labute approximate surface area is 193 Å². The normalized spacial score (nSPS) is 24.8. The van der Waals surface area contributed by atoms with Crippen LogP contribution in [0, 0.1) is 22.5 Å². The van der Waals surface area contributed by atoms with Gasteiger partial charge in [-0.2, -0.15) is 0 Å². The van der Waals surface area contributed by atoms with E-state index in [0.29, 0.717) is 0 Å². The number of carbonyl (C=O) groups is 3. The number of ether oxygens (including phenoxy) is 5. The molecular weight excluding hydrogens is 458 g/mol. The number of esters is 3. The number of hydrogen-bond donors (Lipinski definition) is 2. The summed E-state index contributed by atoms with van der Waals surface area (Å²) in [6.45, 7) is 2.03. The average Bonchev–Trinajstić information content (AvgIpc) is 2.77. The van der Waals surface area contributed by atoms with Crippen LogP contribution in [-0.2, 0) is 33.3 Å². The molecule has 4 unspecified atom stereocenters. The fraction of sp³-hybridized carbons (Fsp3) is 0.476. The van der Waals surface area contributed by atoms with Crippen LogP contribution in [0.2, 0.25) is 0 Å². The van der Waals surface area contributed by atoms with Crippen molar-refractivity contribution in [3.05, 3.63) is 33.9 Å². The summed E-state index contributed by atoms with van der Waals surface area (Å²) >= 11 is 0. The van der Waals surface area contributed by atoms with Crippen molar-refractivity contribution in [2.24, 2.45) is 0 Å². The third kappa shape index (κ3) is 6.19. The molecule has 0 saturated carbocycles. The standard InChI is InChI=1S/C21H23NO12/c1-5-6-14(25)12-7-8-15(13(9-12)22(28)29)33-21-19(32-11(3)24)17(31-10(2)23)16(26)18(34-21)20(27)30-4/h1,7-9,14,16-19,21,25-26H,6H2,2-4H3/t14?,16-,17?,18?,19?,21+/m0/s1. The monoisotopic (exact) mass is 481 g/mol. The molecule has 13 heteroatoms. The molecule has 184 valence electrons. The van der Waals surface area contributed by atoms with Crippen LogP contribution in [0.25, 0.3) is 0 Å². The average molecular weight is 481 g/mol. The van der Waals surface area contributed by atoms with Crippen molar-refractivity contribution in [2.45, 2.75) is 57.1 Å². The van der Waals surface area contributed by atoms with E-state index in [-0.39, 0.29) is 12.0 Å². The molecule has 1 heterocycles. The SMILES string of the molecule is C#CCC(O)c1ccc(O[C@@H]2OC(C(=O)OC)[C@@H](O)C(OC(C)=O)C2OC(C)=O)c([N+](=O)[O-])c1. The van der Waals surface area contributed by atoms with Crippen LogP contribution in [-0.4, -0.2) is 70.9 Å². The molecule has 1 fully saturated rings. The van der Waals surface area contributed by atoms with Crippen LogP contribution in [0.5, 0.6) is 5.75 Å². The van der Waals surface area contributed by atoms with E-state index in [2.05, 4.69) is 10.7 Å². The Balaban J connectivity index is 2.51. The molecule has 2 N–H and O–H groups in total. The van der Waals surface area contributed by atoms with Gasteiger partial charge in [0.2, 0.25) is 12.4 Å². The molecule has 1 aromatic carbocycles. The maximum atomic E-state index is 12.1. The van der Waals surface area contributed by atoms with Gasteiger partial charge in [-0.1, -0.05) is 6.07 Å². The Morgan fingerprint density at radius 2 is 1.85 bits per heavy atom. The molecule has 6 atom stereocenters. The molecule has 13 nitrogen and oxygen atoms in total. The molecule has 1 aromatic rings. The molecule has 0 radical (unpaired) electrons. The van der Waals surface area contributed by atoms with Crippen LogP contribution in [0.3, 0.4) is 0 Å². The first-order valence-electron chi connectivity index (χ1n) is 9.82. The number of rotatable bonds is 8. The van der Waals surface area contributed by atoms with Crippen LogP contribution >= 0.6 is 0 Å². The fourth-order valence-corrected chi connectivity index (χ4v) is 3.21. The van der Waals surface area contributed by atoms with Crippen molar-refractivity contribution in [2.75, 3.05) is 7.11 Å².